The van der Waals surface area contributed by atoms with E-state index in [0.29, 0.717) is 37.5 Å². The Hall–Kier alpha value is -4.85. The molecule has 0 unspecified atom stereocenters. The van der Waals surface area contributed by atoms with Gasteiger partial charge in [-0.2, -0.15) is 5.10 Å². The Morgan fingerprint density at radius 1 is 0.878 bits per heavy atom. The van der Waals surface area contributed by atoms with Crippen molar-refractivity contribution < 1.29 is 9.18 Å². The van der Waals surface area contributed by atoms with Gasteiger partial charge in [0.1, 0.15) is 17.5 Å². The first-order valence-electron chi connectivity index (χ1n) is 13.9. The lowest BCUT2D eigenvalue weighted by Crippen LogP contribution is -2.34. The molecule has 5 aromatic rings. The van der Waals surface area contributed by atoms with E-state index in [4.69, 9.17) is 15.1 Å². The Kier molecular flexibility index (Phi) is 7.54. The van der Waals surface area contributed by atoms with E-state index in [-0.39, 0.29) is 11.7 Å². The number of hydrogen-bond donors (Lipinski definition) is 0. The predicted molar refractivity (Wildman–Crippen MR) is 159 cm³/mol. The molecule has 0 saturated carbocycles. The number of aromatic nitrogens is 4. The van der Waals surface area contributed by atoms with Gasteiger partial charge in [-0.1, -0.05) is 60.7 Å². The lowest BCUT2D eigenvalue weighted by Gasteiger charge is -2.23. The van der Waals surface area contributed by atoms with Crippen LogP contribution in [0.1, 0.15) is 29.1 Å². The van der Waals surface area contributed by atoms with Crippen molar-refractivity contribution in [1.29, 1.82) is 0 Å². The molecule has 0 N–H and O–H groups in total. The molecule has 0 radical (unpaired) electrons. The number of halogens is 1. The minimum absolute atomic E-state index is 0.00798. The highest BCUT2D eigenvalue weighted by Gasteiger charge is 2.24. The molecule has 3 heterocycles. The molecule has 7 nitrogen and oxygen atoms in total. The topological polar surface area (TPSA) is 67.2 Å². The molecule has 1 saturated heterocycles. The number of benzene rings is 3. The summed E-state index contributed by atoms with van der Waals surface area (Å²) in [5, 5.41) is 5.67. The molecule has 1 amide bonds. The number of anilines is 1. The second-order valence-electron chi connectivity index (χ2n) is 10.2. The molecule has 206 valence electrons. The molecule has 1 fully saturated rings. The zero-order valence-electron chi connectivity index (χ0n) is 22.9. The smallest absolute Gasteiger partial charge is 0.246 e. The minimum atomic E-state index is -0.302. The molecule has 6 rings (SSSR count). The van der Waals surface area contributed by atoms with E-state index in [1.165, 1.54) is 12.1 Å². The van der Waals surface area contributed by atoms with Gasteiger partial charge in [0.25, 0.3) is 0 Å². The lowest BCUT2D eigenvalue weighted by molar-refractivity contribution is -0.125. The van der Waals surface area contributed by atoms with E-state index in [2.05, 4.69) is 17.0 Å². The Morgan fingerprint density at radius 3 is 2.37 bits per heavy atom. The van der Waals surface area contributed by atoms with Crippen LogP contribution in [0.2, 0.25) is 0 Å². The summed E-state index contributed by atoms with van der Waals surface area (Å²) in [6, 6.07) is 26.3. The van der Waals surface area contributed by atoms with Gasteiger partial charge in [-0.25, -0.2) is 19.0 Å². The van der Waals surface area contributed by atoms with E-state index in [1.807, 2.05) is 66.4 Å². The summed E-state index contributed by atoms with van der Waals surface area (Å²) in [6.07, 6.45) is 4.90. The van der Waals surface area contributed by atoms with Crippen molar-refractivity contribution >= 4 is 28.8 Å². The highest BCUT2D eigenvalue weighted by molar-refractivity contribution is 5.92. The Bertz CT molecular complexity index is 1680. The minimum Gasteiger partial charge on any atom is -0.354 e. The van der Waals surface area contributed by atoms with Crippen LogP contribution in [0.5, 0.6) is 0 Å². The number of aryl methyl sites for hydroxylation is 1. The van der Waals surface area contributed by atoms with Gasteiger partial charge in [-0.05, 0) is 54.8 Å². The normalized spacial score (nSPS) is 14.1. The van der Waals surface area contributed by atoms with Crippen molar-refractivity contribution in [1.82, 2.24) is 24.6 Å². The fourth-order valence-electron chi connectivity index (χ4n) is 5.24. The second kappa shape index (κ2) is 11.7. The SMILES string of the molecule is Cc1nn(-c2ccc(F)cc2)c2nc(Cc3ccccc3)nc(N3CCCN(C(=O)/C=C/c4ccccc4)CC3)c12. The molecule has 1 aliphatic rings. The standard InChI is InChI=1S/C33H31FN6O/c1-24-31-32(39-20-8-19-38(21-22-39)30(41)18-13-25-9-4-2-5-10-25)35-29(23-26-11-6-3-7-12-26)36-33(31)40(37-24)28-16-14-27(34)15-17-28/h2-7,9-18H,8,19-23H2,1H3/b18-13+. The van der Waals surface area contributed by atoms with E-state index < -0.39 is 0 Å². The third-order valence-electron chi connectivity index (χ3n) is 7.33. The van der Waals surface area contributed by atoms with Crippen LogP contribution in [0.15, 0.2) is 91.0 Å². The maximum Gasteiger partial charge on any atom is 0.246 e. The number of carbonyl (C=O) groups excluding carboxylic acids is 1. The number of rotatable bonds is 6. The Morgan fingerprint density at radius 2 is 1.61 bits per heavy atom. The Labute approximate surface area is 238 Å². The monoisotopic (exact) mass is 546 g/mol. The van der Waals surface area contributed by atoms with Crippen molar-refractivity contribution in [3.8, 4) is 5.69 Å². The molecule has 0 aliphatic carbocycles. The first-order valence-corrected chi connectivity index (χ1v) is 13.9. The summed E-state index contributed by atoms with van der Waals surface area (Å²) in [7, 11) is 0. The van der Waals surface area contributed by atoms with E-state index in [0.717, 1.165) is 46.7 Å². The van der Waals surface area contributed by atoms with Gasteiger partial charge >= 0.3 is 0 Å². The predicted octanol–water partition coefficient (Wildman–Crippen LogP) is 5.61. The number of hydrogen-bond acceptors (Lipinski definition) is 5. The van der Waals surface area contributed by atoms with Gasteiger partial charge in [0.15, 0.2) is 5.65 Å². The first kappa shape index (κ1) is 26.4. The number of carbonyl (C=O) groups is 1. The number of fused-ring (bicyclic) bond motifs is 1. The maximum atomic E-state index is 13.7. The molecule has 41 heavy (non-hydrogen) atoms. The van der Waals surface area contributed by atoms with Crippen LogP contribution >= 0.6 is 0 Å². The summed E-state index contributed by atoms with van der Waals surface area (Å²) in [5.41, 5.74) is 4.33. The zero-order valence-corrected chi connectivity index (χ0v) is 22.9. The highest BCUT2D eigenvalue weighted by Crippen LogP contribution is 2.30. The first-order chi connectivity index (χ1) is 20.0. The van der Waals surface area contributed by atoms with Crippen molar-refractivity contribution in [2.45, 2.75) is 19.8 Å². The molecule has 0 bridgehead atoms. The van der Waals surface area contributed by atoms with Gasteiger partial charge in [0, 0.05) is 38.7 Å². The molecular formula is C33H31FN6O. The lowest BCUT2D eigenvalue weighted by atomic mass is 10.1. The van der Waals surface area contributed by atoms with Crippen LogP contribution in [0, 0.1) is 12.7 Å². The fourth-order valence-corrected chi connectivity index (χ4v) is 5.24. The van der Waals surface area contributed by atoms with E-state index in [9.17, 15) is 9.18 Å². The molecule has 2 aromatic heterocycles. The van der Waals surface area contributed by atoms with Crippen LogP contribution in [-0.2, 0) is 11.2 Å². The van der Waals surface area contributed by atoms with Gasteiger partial charge < -0.3 is 9.80 Å². The van der Waals surface area contributed by atoms with E-state index >= 15 is 0 Å². The van der Waals surface area contributed by atoms with E-state index in [1.54, 1.807) is 22.9 Å². The molecule has 0 spiro atoms. The second-order valence-corrected chi connectivity index (χ2v) is 10.2. The maximum absolute atomic E-state index is 13.7. The highest BCUT2D eigenvalue weighted by atomic mass is 19.1. The van der Waals surface area contributed by atoms with Gasteiger partial charge in [-0.3, -0.25) is 4.79 Å². The van der Waals surface area contributed by atoms with Crippen LogP contribution in [0.4, 0.5) is 10.2 Å². The van der Waals surface area contributed by atoms with Crippen molar-refractivity contribution in [3.63, 3.8) is 0 Å². The van der Waals surface area contributed by atoms with Gasteiger partial charge in [-0.15, -0.1) is 0 Å². The summed E-state index contributed by atoms with van der Waals surface area (Å²) in [5.74, 6) is 1.21. The van der Waals surface area contributed by atoms with Crippen molar-refractivity contribution in [2.75, 3.05) is 31.1 Å². The average molecular weight is 547 g/mol. The summed E-state index contributed by atoms with van der Waals surface area (Å²) >= 11 is 0. The van der Waals surface area contributed by atoms with Crippen LogP contribution in [-0.4, -0.2) is 56.7 Å². The third kappa shape index (κ3) is 5.87. The average Bonchev–Trinajstić information content (AvgIpc) is 3.16. The fraction of sp³-hybridized carbons (Fsp3) is 0.212. The third-order valence-corrected chi connectivity index (χ3v) is 7.33. The summed E-state index contributed by atoms with van der Waals surface area (Å²) in [4.78, 5) is 27.2. The summed E-state index contributed by atoms with van der Waals surface area (Å²) < 4.78 is 15.5. The molecule has 8 heteroatoms. The van der Waals surface area contributed by atoms with Crippen molar-refractivity contribution in [3.05, 3.63) is 119 Å². The van der Waals surface area contributed by atoms with Gasteiger partial charge in [0.05, 0.1) is 16.8 Å². The van der Waals surface area contributed by atoms with Crippen molar-refractivity contribution in [2.24, 2.45) is 0 Å². The number of nitrogens with zero attached hydrogens (tertiary/aromatic N) is 6. The van der Waals surface area contributed by atoms with Crippen LogP contribution in [0.3, 0.4) is 0 Å². The van der Waals surface area contributed by atoms with Crippen LogP contribution in [0.25, 0.3) is 22.8 Å². The molecular weight excluding hydrogens is 515 g/mol. The molecule has 3 aromatic carbocycles. The largest absolute Gasteiger partial charge is 0.354 e. The number of amides is 1. The van der Waals surface area contributed by atoms with Crippen LogP contribution < -0.4 is 4.90 Å². The zero-order chi connectivity index (χ0) is 28.2. The van der Waals surface area contributed by atoms with Gasteiger partial charge in [0.2, 0.25) is 5.91 Å². The quantitative estimate of drug-likeness (QED) is 0.259. The summed E-state index contributed by atoms with van der Waals surface area (Å²) in [6.45, 7) is 4.61. The Balaban J connectivity index is 1.33. The molecule has 0 atom stereocenters. The molecule has 1 aliphatic heterocycles.